The first-order valence-electron chi connectivity index (χ1n) is 13.5. The molecule has 37 heavy (non-hydrogen) atoms. The van der Waals surface area contributed by atoms with Gasteiger partial charge in [-0.05, 0) is 43.9 Å². The van der Waals surface area contributed by atoms with Gasteiger partial charge in [-0.3, -0.25) is 9.36 Å². The maximum absolute atomic E-state index is 13.8. The van der Waals surface area contributed by atoms with Crippen LogP contribution >= 0.6 is 0 Å². The van der Waals surface area contributed by atoms with Gasteiger partial charge in [0.2, 0.25) is 0 Å². The van der Waals surface area contributed by atoms with Crippen LogP contribution in [-0.2, 0) is 0 Å². The average molecular weight is 494 g/mol. The summed E-state index contributed by atoms with van der Waals surface area (Å²) in [7, 11) is 0. The highest BCUT2D eigenvalue weighted by Gasteiger charge is 2.28. The number of nitrogens with zero attached hydrogens (tertiary/aromatic N) is 4. The third-order valence-electron chi connectivity index (χ3n) is 8.45. The molecule has 5 aromatic rings. The van der Waals surface area contributed by atoms with Crippen LogP contribution in [0.4, 0.5) is 5.69 Å². The summed E-state index contributed by atoms with van der Waals surface area (Å²) in [4.78, 5) is 29.3. The smallest absolute Gasteiger partial charge is 0.261 e. The number of rotatable bonds is 3. The van der Waals surface area contributed by atoms with Crippen molar-refractivity contribution in [1.82, 2.24) is 19.5 Å². The Kier molecular flexibility index (Phi) is 5.47. The van der Waals surface area contributed by atoms with Crippen LogP contribution in [0.15, 0.2) is 65.7 Å². The number of hydrogen-bond acceptors (Lipinski definition) is 5. The van der Waals surface area contributed by atoms with Gasteiger partial charge in [0.15, 0.2) is 0 Å². The highest BCUT2D eigenvalue weighted by molar-refractivity contribution is 6.11. The number of nitrogens with one attached hydrogen (secondary N) is 1. The van der Waals surface area contributed by atoms with E-state index in [1.165, 1.54) is 0 Å². The van der Waals surface area contributed by atoms with Crippen molar-refractivity contribution >= 4 is 38.4 Å². The van der Waals surface area contributed by atoms with Crippen molar-refractivity contribution in [3.05, 3.63) is 77.1 Å². The number of piperidine rings is 1. The average Bonchev–Trinajstić information content (AvgIpc) is 3.38. The predicted molar refractivity (Wildman–Crippen MR) is 147 cm³/mol. The number of para-hydroxylation sites is 2. The molecular formula is C30H31N5O2. The van der Waals surface area contributed by atoms with E-state index in [1.54, 1.807) is 10.9 Å². The molecule has 1 saturated heterocycles. The lowest BCUT2D eigenvalue weighted by Gasteiger charge is -2.34. The van der Waals surface area contributed by atoms with Crippen LogP contribution in [0.2, 0.25) is 0 Å². The number of anilines is 1. The minimum Gasteiger partial charge on any atom is -0.391 e. The highest BCUT2D eigenvalue weighted by Crippen LogP contribution is 2.36. The van der Waals surface area contributed by atoms with Gasteiger partial charge in [-0.2, -0.15) is 0 Å². The first-order valence-corrected chi connectivity index (χ1v) is 13.5. The number of imidazole rings is 1. The first kappa shape index (κ1) is 22.5. The van der Waals surface area contributed by atoms with E-state index in [-0.39, 0.29) is 11.6 Å². The molecule has 7 heteroatoms. The van der Waals surface area contributed by atoms with Crippen molar-refractivity contribution in [2.45, 2.75) is 56.6 Å². The Morgan fingerprint density at radius 2 is 1.65 bits per heavy atom. The van der Waals surface area contributed by atoms with Gasteiger partial charge < -0.3 is 15.0 Å². The Hall–Kier alpha value is -3.71. The van der Waals surface area contributed by atoms with Crippen LogP contribution in [0.3, 0.4) is 0 Å². The molecular weight excluding hydrogens is 462 g/mol. The van der Waals surface area contributed by atoms with Gasteiger partial charge in [0.1, 0.15) is 5.82 Å². The summed E-state index contributed by atoms with van der Waals surface area (Å²) in [6.07, 6.45) is 6.72. The molecule has 0 spiro atoms. The lowest BCUT2D eigenvalue weighted by Crippen LogP contribution is -2.35. The maximum atomic E-state index is 13.8. The summed E-state index contributed by atoms with van der Waals surface area (Å²) >= 11 is 0. The maximum Gasteiger partial charge on any atom is 0.261 e. The van der Waals surface area contributed by atoms with Crippen molar-refractivity contribution < 1.29 is 5.11 Å². The van der Waals surface area contributed by atoms with Crippen molar-refractivity contribution in [3.63, 3.8) is 0 Å². The molecule has 0 unspecified atom stereocenters. The Bertz CT molecular complexity index is 1630. The number of hydrogen-bond donors (Lipinski definition) is 2. The largest absolute Gasteiger partial charge is 0.391 e. The molecule has 1 saturated carbocycles. The van der Waals surface area contributed by atoms with Crippen molar-refractivity contribution in [1.29, 1.82) is 0 Å². The highest BCUT2D eigenvalue weighted by atomic mass is 16.3. The summed E-state index contributed by atoms with van der Waals surface area (Å²) < 4.78 is 1.68. The normalized spacial score (nSPS) is 21.3. The molecule has 2 aliphatic rings. The quantitative estimate of drug-likeness (QED) is 0.334. The summed E-state index contributed by atoms with van der Waals surface area (Å²) in [5.41, 5.74) is 3.88. The second kappa shape index (κ2) is 8.99. The number of aromatic amines is 1. The van der Waals surface area contributed by atoms with Crippen LogP contribution in [-0.4, -0.2) is 43.8 Å². The molecule has 0 bridgehead atoms. The van der Waals surface area contributed by atoms with Crippen LogP contribution in [0.25, 0.3) is 32.7 Å². The fourth-order valence-electron chi connectivity index (χ4n) is 6.43. The molecule has 7 nitrogen and oxygen atoms in total. The first-order chi connectivity index (χ1) is 18.2. The molecule has 3 heterocycles. The summed E-state index contributed by atoms with van der Waals surface area (Å²) in [5.74, 6) is 1.46. The zero-order chi connectivity index (χ0) is 24.9. The molecule has 2 aromatic heterocycles. The predicted octanol–water partition coefficient (Wildman–Crippen LogP) is 5.29. The minimum atomic E-state index is -0.497. The molecule has 3 aromatic carbocycles. The molecule has 2 N–H and O–H groups in total. The molecule has 1 aliphatic carbocycles. The molecule has 0 amide bonds. The molecule has 0 radical (unpaired) electrons. The van der Waals surface area contributed by atoms with Gasteiger partial charge in [0.25, 0.3) is 5.56 Å². The summed E-state index contributed by atoms with van der Waals surface area (Å²) in [6.45, 7) is 1.79. The second-order valence-corrected chi connectivity index (χ2v) is 10.6. The lowest BCUT2D eigenvalue weighted by atomic mass is 9.92. The third kappa shape index (κ3) is 3.80. The molecule has 7 rings (SSSR count). The fourth-order valence-corrected chi connectivity index (χ4v) is 6.43. The monoisotopic (exact) mass is 493 g/mol. The fraction of sp³-hybridized carbons (Fsp3) is 0.367. The van der Waals surface area contributed by atoms with E-state index in [0.29, 0.717) is 11.3 Å². The van der Waals surface area contributed by atoms with Crippen LogP contribution in [0.5, 0.6) is 0 Å². The van der Waals surface area contributed by atoms with E-state index >= 15 is 0 Å². The standard InChI is InChI=1S/C30H31N5O2/c36-27-12-6-5-11-25(27)35-18-31-28-21-8-2-1-7-20(21)26(17-22(28)30(35)37)34-15-13-19(14-16-34)29-32-23-9-3-4-10-24(23)33-29/h1-4,7-10,17-19,25,27,36H,5-6,11-16H2,(H,32,33)/t25-,27-/m0/s1. The molecule has 2 atom stereocenters. The molecule has 2 fully saturated rings. The number of H-pyrrole nitrogens is 1. The van der Waals surface area contributed by atoms with Crippen LogP contribution < -0.4 is 10.5 Å². The van der Waals surface area contributed by atoms with Crippen LogP contribution in [0, 0.1) is 0 Å². The number of aliphatic hydroxyl groups is 1. The Morgan fingerprint density at radius 1 is 0.892 bits per heavy atom. The number of aromatic nitrogens is 4. The van der Waals surface area contributed by atoms with E-state index in [0.717, 1.165) is 90.4 Å². The zero-order valence-corrected chi connectivity index (χ0v) is 20.8. The molecule has 188 valence electrons. The summed E-state index contributed by atoms with van der Waals surface area (Å²) in [5, 5.41) is 13.4. The zero-order valence-electron chi connectivity index (χ0n) is 20.8. The number of fused-ring (bicyclic) bond motifs is 4. The molecule has 1 aliphatic heterocycles. The Balaban J connectivity index is 1.25. The second-order valence-electron chi connectivity index (χ2n) is 10.6. The lowest BCUT2D eigenvalue weighted by molar-refractivity contribution is 0.0735. The van der Waals surface area contributed by atoms with Gasteiger partial charge >= 0.3 is 0 Å². The van der Waals surface area contributed by atoms with Crippen molar-refractivity contribution in [3.8, 4) is 0 Å². The van der Waals surface area contributed by atoms with Gasteiger partial charge in [-0.15, -0.1) is 0 Å². The van der Waals surface area contributed by atoms with Crippen molar-refractivity contribution in [2.24, 2.45) is 0 Å². The van der Waals surface area contributed by atoms with Gasteiger partial charge in [-0.1, -0.05) is 49.2 Å². The van der Waals surface area contributed by atoms with Gasteiger partial charge in [-0.25, -0.2) is 9.97 Å². The number of aliphatic hydroxyl groups excluding tert-OH is 1. The van der Waals surface area contributed by atoms with E-state index in [9.17, 15) is 9.90 Å². The van der Waals surface area contributed by atoms with Crippen LogP contribution in [0.1, 0.15) is 56.3 Å². The number of benzene rings is 3. The Morgan fingerprint density at radius 3 is 2.46 bits per heavy atom. The SMILES string of the molecule is O=c1c2cc(N3CCC(c4nc5ccccc5[nH]4)CC3)c3ccccc3c2ncn1[C@H]1CCCC[C@@H]1O. The van der Waals surface area contributed by atoms with E-state index < -0.39 is 6.10 Å². The topological polar surface area (TPSA) is 87.0 Å². The summed E-state index contributed by atoms with van der Waals surface area (Å²) in [6, 6.07) is 18.3. The minimum absolute atomic E-state index is 0.0554. The van der Waals surface area contributed by atoms with E-state index in [4.69, 9.17) is 9.97 Å². The van der Waals surface area contributed by atoms with Crippen molar-refractivity contribution in [2.75, 3.05) is 18.0 Å². The van der Waals surface area contributed by atoms with Gasteiger partial charge in [0, 0.05) is 35.5 Å². The Labute approximate surface area is 214 Å². The third-order valence-corrected chi connectivity index (χ3v) is 8.45. The van der Waals surface area contributed by atoms with Gasteiger partial charge in [0.05, 0.1) is 40.4 Å². The van der Waals surface area contributed by atoms with E-state index in [2.05, 4.69) is 40.2 Å². The van der Waals surface area contributed by atoms with E-state index in [1.807, 2.05) is 24.3 Å².